The molecule has 0 amide bonds. The molecule has 0 aromatic heterocycles. The number of benzene rings is 2. The van der Waals surface area contributed by atoms with Gasteiger partial charge in [0.1, 0.15) is 6.54 Å². The molecule has 0 saturated heterocycles. The molecule has 1 heterocycles. The van der Waals surface area contributed by atoms with Crippen molar-refractivity contribution in [3.63, 3.8) is 0 Å². The molecule has 4 nitrogen and oxygen atoms in total. The van der Waals surface area contributed by atoms with Crippen LogP contribution in [0.3, 0.4) is 0 Å². The Bertz CT molecular complexity index is 728. The molecule has 6 heteroatoms. The summed E-state index contributed by atoms with van der Waals surface area (Å²) < 4.78 is 1.48. The fourth-order valence-electron chi connectivity index (χ4n) is 2.20. The van der Waals surface area contributed by atoms with E-state index in [1.807, 2.05) is 30.3 Å². The molecule has 0 radical (unpaired) electrons. The first-order valence-corrected chi connectivity index (χ1v) is 7.11. The van der Waals surface area contributed by atoms with Gasteiger partial charge in [-0.25, -0.2) is 4.99 Å². The summed E-state index contributed by atoms with van der Waals surface area (Å²) in [5, 5.41) is 11.0. The van der Waals surface area contributed by atoms with E-state index in [2.05, 4.69) is 36.9 Å². The number of carboxylic acid groups (broad SMARTS) is 1. The lowest BCUT2D eigenvalue weighted by molar-refractivity contribution is -0.135. The van der Waals surface area contributed by atoms with Gasteiger partial charge in [0.15, 0.2) is 4.74 Å². The number of carbonyl (C=O) groups is 1. The predicted molar refractivity (Wildman–Crippen MR) is 82.7 cm³/mol. The van der Waals surface area contributed by atoms with Crippen LogP contribution in [0.15, 0.2) is 39.8 Å². The Balaban J connectivity index is 2.31. The summed E-state index contributed by atoms with van der Waals surface area (Å²) in [6, 6.07) is 9.65. The van der Waals surface area contributed by atoms with Crippen LogP contribution in [-0.4, -0.2) is 22.4 Å². The van der Waals surface area contributed by atoms with E-state index >= 15 is 0 Å². The molecule has 0 spiro atoms. The lowest BCUT2D eigenvalue weighted by Gasteiger charge is -2.27. The molecular weight excluding hydrogens is 376 g/mol. The van der Waals surface area contributed by atoms with Gasteiger partial charge in [0.25, 0.3) is 0 Å². The molecule has 1 aliphatic rings. The number of carboxylic acids is 1. The average Bonchev–Trinajstić information content (AvgIpc) is 2.37. The van der Waals surface area contributed by atoms with E-state index in [1.54, 1.807) is 4.90 Å². The molecule has 19 heavy (non-hydrogen) atoms. The second-order valence-corrected chi connectivity index (χ2v) is 5.69. The van der Waals surface area contributed by atoms with Gasteiger partial charge < -0.3 is 10.0 Å². The number of amidine groups is 1. The van der Waals surface area contributed by atoms with E-state index in [4.69, 9.17) is 5.11 Å². The smallest absolute Gasteiger partial charge is 0.323 e. The molecule has 96 valence electrons. The Labute approximate surface area is 126 Å². The summed E-state index contributed by atoms with van der Waals surface area (Å²) in [4.78, 5) is 17.0. The van der Waals surface area contributed by atoms with Gasteiger partial charge in [0.05, 0.1) is 11.4 Å². The van der Waals surface area contributed by atoms with Crippen molar-refractivity contribution in [2.24, 2.45) is 4.99 Å². The largest absolute Gasteiger partial charge is 0.480 e. The first kappa shape index (κ1) is 12.6. The standard InChI is InChI=1S/C13H8Br2N2O2/c14-8-4-5-9-12-7(8)2-1-3-10(12)17(6-11(18)19)13(15)16-9/h1-5H,6H2,(H,18,19). The lowest BCUT2D eigenvalue weighted by Crippen LogP contribution is -2.33. The molecule has 0 aliphatic carbocycles. The summed E-state index contributed by atoms with van der Waals surface area (Å²) >= 11 is 6.85. The number of aliphatic imine (C=N–C) groups is 1. The van der Waals surface area contributed by atoms with Gasteiger partial charge in [-0.2, -0.15) is 0 Å². The molecule has 1 aliphatic heterocycles. The van der Waals surface area contributed by atoms with Crippen LogP contribution < -0.4 is 4.90 Å². The maximum absolute atomic E-state index is 11.0. The van der Waals surface area contributed by atoms with E-state index in [0.717, 1.165) is 26.6 Å². The van der Waals surface area contributed by atoms with Gasteiger partial charge in [-0.1, -0.05) is 28.1 Å². The molecule has 0 saturated carbocycles. The van der Waals surface area contributed by atoms with Crippen LogP contribution in [0.1, 0.15) is 0 Å². The number of hydrogen-bond acceptors (Lipinski definition) is 3. The topological polar surface area (TPSA) is 52.9 Å². The second kappa shape index (κ2) is 4.61. The molecule has 2 aromatic carbocycles. The molecule has 0 atom stereocenters. The van der Waals surface area contributed by atoms with Crippen molar-refractivity contribution in [3.8, 4) is 0 Å². The highest BCUT2D eigenvalue weighted by Crippen LogP contribution is 2.42. The molecule has 0 unspecified atom stereocenters. The molecule has 3 rings (SSSR count). The van der Waals surface area contributed by atoms with Crippen LogP contribution >= 0.6 is 31.9 Å². The minimum absolute atomic E-state index is 0.130. The molecule has 0 fully saturated rings. The highest BCUT2D eigenvalue weighted by molar-refractivity contribution is 9.18. The van der Waals surface area contributed by atoms with Gasteiger partial charge in [0.2, 0.25) is 0 Å². The zero-order chi connectivity index (χ0) is 13.6. The highest BCUT2D eigenvalue weighted by Gasteiger charge is 2.23. The van der Waals surface area contributed by atoms with E-state index in [-0.39, 0.29) is 6.54 Å². The minimum Gasteiger partial charge on any atom is -0.480 e. The Morgan fingerprint density at radius 3 is 2.79 bits per heavy atom. The Morgan fingerprint density at radius 1 is 1.26 bits per heavy atom. The summed E-state index contributed by atoms with van der Waals surface area (Å²) in [5.74, 6) is -0.900. The van der Waals surface area contributed by atoms with Crippen LogP contribution in [0.4, 0.5) is 11.4 Å². The van der Waals surface area contributed by atoms with Crippen LogP contribution in [0.2, 0.25) is 0 Å². The fraction of sp³-hybridized carbons (Fsp3) is 0.0769. The SMILES string of the molecule is O=C(O)CN1C(Br)=Nc2ccc(Br)c3cccc1c23. The van der Waals surface area contributed by atoms with Gasteiger partial charge in [-0.3, -0.25) is 4.79 Å². The quantitative estimate of drug-likeness (QED) is 0.800. The summed E-state index contributed by atoms with van der Waals surface area (Å²) in [5.41, 5.74) is 1.68. The van der Waals surface area contributed by atoms with Crippen LogP contribution in [0.5, 0.6) is 0 Å². The third-order valence-electron chi connectivity index (χ3n) is 2.96. The maximum Gasteiger partial charge on any atom is 0.323 e. The van der Waals surface area contributed by atoms with Crippen molar-refractivity contribution in [2.45, 2.75) is 0 Å². The Hall–Kier alpha value is -1.40. The van der Waals surface area contributed by atoms with Crippen LogP contribution in [-0.2, 0) is 4.79 Å². The van der Waals surface area contributed by atoms with Gasteiger partial charge in [-0.05, 0) is 34.1 Å². The van der Waals surface area contributed by atoms with Gasteiger partial charge in [0, 0.05) is 15.2 Å². The first-order valence-electron chi connectivity index (χ1n) is 5.52. The molecule has 0 bridgehead atoms. The number of anilines is 1. The lowest BCUT2D eigenvalue weighted by atomic mass is 10.1. The third-order valence-corrected chi connectivity index (χ3v) is 4.26. The van der Waals surface area contributed by atoms with E-state index in [9.17, 15) is 4.79 Å². The van der Waals surface area contributed by atoms with Crippen molar-refractivity contribution in [1.29, 1.82) is 0 Å². The number of hydrogen-bond donors (Lipinski definition) is 1. The summed E-state index contributed by atoms with van der Waals surface area (Å²) in [6.45, 7) is -0.130. The van der Waals surface area contributed by atoms with Crippen molar-refractivity contribution in [2.75, 3.05) is 11.4 Å². The summed E-state index contributed by atoms with van der Waals surface area (Å²) in [6.07, 6.45) is 0. The molecular formula is C13H8Br2N2O2. The van der Waals surface area contributed by atoms with Gasteiger partial charge in [-0.15, -0.1) is 0 Å². The molecule has 1 N–H and O–H groups in total. The van der Waals surface area contributed by atoms with Crippen molar-refractivity contribution in [3.05, 3.63) is 34.8 Å². The van der Waals surface area contributed by atoms with Gasteiger partial charge >= 0.3 is 5.97 Å². The number of rotatable bonds is 2. The van der Waals surface area contributed by atoms with Crippen molar-refractivity contribution >= 4 is 64.7 Å². The van der Waals surface area contributed by atoms with E-state index in [0.29, 0.717) is 4.74 Å². The summed E-state index contributed by atoms with van der Waals surface area (Å²) in [7, 11) is 0. The monoisotopic (exact) mass is 382 g/mol. The van der Waals surface area contributed by atoms with Crippen molar-refractivity contribution < 1.29 is 9.90 Å². The number of aliphatic carboxylic acids is 1. The average molecular weight is 384 g/mol. The zero-order valence-corrected chi connectivity index (χ0v) is 12.8. The normalized spacial score (nSPS) is 13.6. The Kier molecular flexibility index (Phi) is 3.06. The van der Waals surface area contributed by atoms with E-state index < -0.39 is 5.97 Å². The maximum atomic E-state index is 11.0. The fourth-order valence-corrected chi connectivity index (χ4v) is 3.17. The predicted octanol–water partition coefficient (Wildman–Crippen LogP) is 3.89. The third kappa shape index (κ3) is 2.04. The second-order valence-electron chi connectivity index (χ2n) is 4.13. The minimum atomic E-state index is -0.900. The number of nitrogens with zero attached hydrogens (tertiary/aromatic N) is 2. The highest BCUT2D eigenvalue weighted by atomic mass is 79.9. The van der Waals surface area contributed by atoms with Crippen LogP contribution in [0.25, 0.3) is 10.8 Å². The molecule has 2 aromatic rings. The van der Waals surface area contributed by atoms with Crippen LogP contribution in [0, 0.1) is 0 Å². The van der Waals surface area contributed by atoms with Crippen molar-refractivity contribution in [1.82, 2.24) is 0 Å². The number of halogens is 2. The first-order chi connectivity index (χ1) is 9.08. The van der Waals surface area contributed by atoms with E-state index in [1.165, 1.54) is 0 Å². The Morgan fingerprint density at radius 2 is 2.05 bits per heavy atom. The zero-order valence-electron chi connectivity index (χ0n) is 9.60.